The van der Waals surface area contributed by atoms with Gasteiger partial charge in [-0.15, -0.1) is 0 Å². The lowest BCUT2D eigenvalue weighted by Crippen LogP contribution is -2.13. The van der Waals surface area contributed by atoms with Crippen LogP contribution in [0.2, 0.25) is 5.02 Å². The molecule has 6 nitrogen and oxygen atoms in total. The summed E-state index contributed by atoms with van der Waals surface area (Å²) in [6.45, 7) is 0. The standard InChI is InChI=1S/C15H12ClN3O3S/c1-23(21,22)19-14-7-6-12(8-13(14)16)18-15(20)11-4-2-10(9-17)3-5-11/h2-8,19H,1H3,(H,18,20). The molecule has 0 radical (unpaired) electrons. The summed E-state index contributed by atoms with van der Waals surface area (Å²) in [6.07, 6.45) is 1.02. The van der Waals surface area contributed by atoms with Crippen molar-refractivity contribution >= 4 is 38.9 Å². The molecular weight excluding hydrogens is 338 g/mol. The van der Waals surface area contributed by atoms with E-state index in [1.165, 1.54) is 30.3 Å². The number of anilines is 2. The molecule has 0 saturated carbocycles. The van der Waals surface area contributed by atoms with Crippen molar-refractivity contribution in [2.24, 2.45) is 0 Å². The number of amides is 1. The molecule has 8 heteroatoms. The van der Waals surface area contributed by atoms with Crippen LogP contribution in [0.5, 0.6) is 0 Å². The maximum absolute atomic E-state index is 12.1. The number of nitrogens with one attached hydrogen (secondary N) is 2. The fourth-order valence-corrected chi connectivity index (χ4v) is 2.64. The van der Waals surface area contributed by atoms with Crippen molar-refractivity contribution in [2.75, 3.05) is 16.3 Å². The minimum absolute atomic E-state index is 0.160. The molecule has 0 fully saturated rings. The van der Waals surface area contributed by atoms with Crippen LogP contribution in [0.4, 0.5) is 11.4 Å². The van der Waals surface area contributed by atoms with Crippen molar-refractivity contribution in [2.45, 2.75) is 0 Å². The zero-order valence-corrected chi connectivity index (χ0v) is 13.6. The first-order valence-corrected chi connectivity index (χ1v) is 8.64. The van der Waals surface area contributed by atoms with Crippen LogP contribution in [0.1, 0.15) is 15.9 Å². The maximum Gasteiger partial charge on any atom is 0.255 e. The molecule has 118 valence electrons. The van der Waals surface area contributed by atoms with Crippen LogP contribution in [0.25, 0.3) is 0 Å². The highest BCUT2D eigenvalue weighted by atomic mass is 35.5. The Balaban J connectivity index is 2.15. The predicted octanol–water partition coefficient (Wildman–Crippen LogP) is 2.84. The molecule has 0 heterocycles. The third kappa shape index (κ3) is 4.71. The average molecular weight is 350 g/mol. The van der Waals surface area contributed by atoms with Gasteiger partial charge in [-0.05, 0) is 42.5 Å². The lowest BCUT2D eigenvalue weighted by Gasteiger charge is -2.09. The highest BCUT2D eigenvalue weighted by Gasteiger charge is 2.10. The van der Waals surface area contributed by atoms with Crippen LogP contribution >= 0.6 is 11.6 Å². The summed E-state index contributed by atoms with van der Waals surface area (Å²) in [4.78, 5) is 12.1. The second-order valence-corrected chi connectivity index (χ2v) is 6.87. The van der Waals surface area contributed by atoms with E-state index in [0.29, 0.717) is 16.8 Å². The van der Waals surface area contributed by atoms with Crippen molar-refractivity contribution in [3.8, 4) is 6.07 Å². The highest BCUT2D eigenvalue weighted by Crippen LogP contribution is 2.26. The Morgan fingerprint density at radius 2 is 1.83 bits per heavy atom. The molecule has 2 N–H and O–H groups in total. The van der Waals surface area contributed by atoms with E-state index < -0.39 is 10.0 Å². The van der Waals surface area contributed by atoms with E-state index in [-0.39, 0.29) is 16.6 Å². The zero-order valence-electron chi connectivity index (χ0n) is 12.0. The van der Waals surface area contributed by atoms with Crippen molar-refractivity contribution in [1.29, 1.82) is 5.26 Å². The van der Waals surface area contributed by atoms with Gasteiger partial charge in [-0.2, -0.15) is 5.26 Å². The van der Waals surface area contributed by atoms with E-state index in [1.807, 2.05) is 6.07 Å². The first-order valence-electron chi connectivity index (χ1n) is 6.37. The Kier molecular flexibility index (Phi) is 4.89. The first kappa shape index (κ1) is 16.8. The maximum atomic E-state index is 12.1. The van der Waals surface area contributed by atoms with Gasteiger partial charge in [0.25, 0.3) is 5.91 Å². The van der Waals surface area contributed by atoms with Gasteiger partial charge in [-0.3, -0.25) is 9.52 Å². The minimum Gasteiger partial charge on any atom is -0.322 e. The van der Waals surface area contributed by atoms with Crippen LogP contribution in [0.15, 0.2) is 42.5 Å². The van der Waals surface area contributed by atoms with Gasteiger partial charge in [0.1, 0.15) is 0 Å². The van der Waals surface area contributed by atoms with Crippen LogP contribution in [-0.2, 0) is 10.0 Å². The number of benzene rings is 2. The van der Waals surface area contributed by atoms with Gasteiger partial charge in [0.15, 0.2) is 0 Å². The number of nitrogens with zero attached hydrogens (tertiary/aromatic N) is 1. The third-order valence-corrected chi connectivity index (χ3v) is 3.70. The molecule has 23 heavy (non-hydrogen) atoms. The molecule has 0 bridgehead atoms. The highest BCUT2D eigenvalue weighted by molar-refractivity contribution is 7.92. The molecule has 0 aliphatic carbocycles. The Morgan fingerprint density at radius 3 is 2.35 bits per heavy atom. The van der Waals surface area contributed by atoms with Crippen molar-refractivity contribution in [3.63, 3.8) is 0 Å². The molecule has 0 saturated heterocycles. The Hall–Kier alpha value is -2.56. The average Bonchev–Trinajstić information content (AvgIpc) is 2.49. The smallest absolute Gasteiger partial charge is 0.255 e. The number of halogens is 1. The second-order valence-electron chi connectivity index (χ2n) is 4.71. The second kappa shape index (κ2) is 6.69. The number of hydrogen-bond donors (Lipinski definition) is 2. The fraction of sp³-hybridized carbons (Fsp3) is 0.0667. The molecule has 0 aromatic heterocycles. The number of sulfonamides is 1. The number of carbonyl (C=O) groups excluding carboxylic acids is 1. The summed E-state index contributed by atoms with van der Waals surface area (Å²) in [5.74, 6) is -0.366. The van der Waals surface area contributed by atoms with Gasteiger partial charge in [0.05, 0.1) is 28.6 Å². The SMILES string of the molecule is CS(=O)(=O)Nc1ccc(NC(=O)c2ccc(C#N)cc2)cc1Cl. The Labute approximate surface area is 138 Å². The van der Waals surface area contributed by atoms with E-state index >= 15 is 0 Å². The third-order valence-electron chi connectivity index (χ3n) is 2.80. The number of rotatable bonds is 4. The zero-order chi connectivity index (χ0) is 17.0. The quantitative estimate of drug-likeness (QED) is 0.886. The van der Waals surface area contributed by atoms with E-state index in [0.717, 1.165) is 6.26 Å². The predicted molar refractivity (Wildman–Crippen MR) is 89.0 cm³/mol. The molecule has 0 atom stereocenters. The van der Waals surface area contributed by atoms with Crippen LogP contribution < -0.4 is 10.0 Å². The summed E-state index contributed by atoms with van der Waals surface area (Å²) in [5, 5.41) is 11.5. The minimum atomic E-state index is -3.43. The molecule has 0 spiro atoms. The Bertz CT molecular complexity index is 887. The number of carbonyl (C=O) groups is 1. The molecule has 2 rings (SSSR count). The number of hydrogen-bond acceptors (Lipinski definition) is 4. The molecule has 1 amide bonds. The lowest BCUT2D eigenvalue weighted by atomic mass is 10.1. The summed E-state index contributed by atoms with van der Waals surface area (Å²) in [5.41, 5.74) is 1.49. The van der Waals surface area contributed by atoms with Gasteiger partial charge in [-0.25, -0.2) is 8.42 Å². The van der Waals surface area contributed by atoms with E-state index in [1.54, 1.807) is 12.1 Å². The van der Waals surface area contributed by atoms with Gasteiger partial charge in [0, 0.05) is 11.3 Å². The van der Waals surface area contributed by atoms with Crippen LogP contribution in [0.3, 0.4) is 0 Å². The topological polar surface area (TPSA) is 99.1 Å². The van der Waals surface area contributed by atoms with E-state index in [9.17, 15) is 13.2 Å². The van der Waals surface area contributed by atoms with Crippen molar-refractivity contribution < 1.29 is 13.2 Å². The van der Waals surface area contributed by atoms with Crippen molar-refractivity contribution in [3.05, 3.63) is 58.6 Å². The number of nitriles is 1. The fourth-order valence-electron chi connectivity index (χ4n) is 1.77. The molecule has 0 aliphatic heterocycles. The van der Waals surface area contributed by atoms with E-state index in [2.05, 4.69) is 10.0 Å². The first-order chi connectivity index (χ1) is 10.8. The van der Waals surface area contributed by atoms with Gasteiger partial charge >= 0.3 is 0 Å². The van der Waals surface area contributed by atoms with E-state index in [4.69, 9.17) is 16.9 Å². The lowest BCUT2D eigenvalue weighted by molar-refractivity contribution is 0.102. The van der Waals surface area contributed by atoms with Gasteiger partial charge in [0.2, 0.25) is 10.0 Å². The van der Waals surface area contributed by atoms with Crippen LogP contribution in [-0.4, -0.2) is 20.6 Å². The van der Waals surface area contributed by atoms with Gasteiger partial charge < -0.3 is 5.32 Å². The molecule has 0 aliphatic rings. The molecule has 2 aromatic carbocycles. The summed E-state index contributed by atoms with van der Waals surface area (Å²) in [7, 11) is -3.43. The largest absolute Gasteiger partial charge is 0.322 e. The summed E-state index contributed by atoms with van der Waals surface area (Å²) in [6, 6.07) is 12.6. The monoisotopic (exact) mass is 349 g/mol. The Morgan fingerprint density at radius 1 is 1.17 bits per heavy atom. The summed E-state index contributed by atoms with van der Waals surface area (Å²) >= 11 is 5.99. The summed E-state index contributed by atoms with van der Waals surface area (Å²) < 4.78 is 24.7. The molecule has 0 unspecified atom stereocenters. The van der Waals surface area contributed by atoms with Gasteiger partial charge in [-0.1, -0.05) is 11.6 Å². The van der Waals surface area contributed by atoms with Crippen molar-refractivity contribution in [1.82, 2.24) is 0 Å². The van der Waals surface area contributed by atoms with Crippen LogP contribution in [0, 0.1) is 11.3 Å². The molecular formula is C15H12ClN3O3S. The normalized spacial score (nSPS) is 10.7. The molecule has 2 aromatic rings.